The molecule has 0 bridgehead atoms. The lowest BCUT2D eigenvalue weighted by Crippen LogP contribution is -2.59. The van der Waals surface area contributed by atoms with Gasteiger partial charge in [-0.3, -0.25) is 9.59 Å². The highest BCUT2D eigenvalue weighted by Crippen LogP contribution is 2.37. The molecule has 4 heteroatoms. The van der Waals surface area contributed by atoms with Gasteiger partial charge in [0.2, 0.25) is 5.91 Å². The van der Waals surface area contributed by atoms with Crippen LogP contribution in [0.4, 0.5) is 5.69 Å². The predicted octanol–water partition coefficient (Wildman–Crippen LogP) is 5.67. The average Bonchev–Trinajstić information content (AvgIpc) is 2.84. The van der Waals surface area contributed by atoms with Crippen LogP contribution in [0.15, 0.2) is 91.0 Å². The van der Waals surface area contributed by atoms with Gasteiger partial charge < -0.3 is 10.2 Å². The number of hydrogen-bond acceptors (Lipinski definition) is 2. The van der Waals surface area contributed by atoms with E-state index in [1.54, 1.807) is 0 Å². The summed E-state index contributed by atoms with van der Waals surface area (Å²) in [5, 5.41) is 3.09. The molecule has 0 atom stereocenters. The molecule has 0 aromatic heterocycles. The van der Waals surface area contributed by atoms with Gasteiger partial charge in [-0.25, -0.2) is 0 Å². The summed E-state index contributed by atoms with van der Waals surface area (Å²) in [5.41, 5.74) is 1.50. The summed E-state index contributed by atoms with van der Waals surface area (Å²) in [6.45, 7) is 0.400. The smallest absolute Gasteiger partial charge is 0.255 e. The van der Waals surface area contributed by atoms with Gasteiger partial charge in [-0.15, -0.1) is 0 Å². The largest absolute Gasteiger partial charge is 0.324 e. The standard InChI is InChI=1S/C27H28N2O2/c30-25(23-15-7-2-8-16-23)29(21-22-13-5-1-6-14-22)27(19-11-4-12-20-27)26(31)28-24-17-9-3-10-18-24/h1-3,5-10,13-18H,4,11-12,19-21H2,(H,28,31). The van der Waals surface area contributed by atoms with Crippen molar-refractivity contribution in [2.45, 2.75) is 44.2 Å². The van der Waals surface area contributed by atoms with Crippen molar-refractivity contribution in [1.29, 1.82) is 0 Å². The molecular formula is C27H28N2O2. The summed E-state index contributed by atoms with van der Waals surface area (Å²) in [7, 11) is 0. The average molecular weight is 413 g/mol. The Balaban J connectivity index is 1.74. The SMILES string of the molecule is O=C(c1ccccc1)N(Cc1ccccc1)C1(C(=O)Nc2ccccc2)CCCCC1. The topological polar surface area (TPSA) is 49.4 Å². The summed E-state index contributed by atoms with van der Waals surface area (Å²) >= 11 is 0. The van der Waals surface area contributed by atoms with Crippen molar-refractivity contribution < 1.29 is 9.59 Å². The highest BCUT2D eigenvalue weighted by Gasteiger charge is 2.47. The van der Waals surface area contributed by atoms with Crippen LogP contribution < -0.4 is 5.32 Å². The lowest BCUT2D eigenvalue weighted by Gasteiger charge is -2.45. The Morgan fingerprint density at radius 2 is 1.29 bits per heavy atom. The van der Waals surface area contributed by atoms with E-state index >= 15 is 0 Å². The number of benzene rings is 3. The van der Waals surface area contributed by atoms with Gasteiger partial charge in [-0.1, -0.05) is 86.0 Å². The summed E-state index contributed by atoms with van der Waals surface area (Å²) in [6.07, 6.45) is 4.26. The Morgan fingerprint density at radius 3 is 1.90 bits per heavy atom. The molecule has 0 unspecified atom stereocenters. The van der Waals surface area contributed by atoms with E-state index < -0.39 is 5.54 Å². The van der Waals surface area contributed by atoms with Gasteiger partial charge in [0.25, 0.3) is 5.91 Å². The second-order valence-corrected chi connectivity index (χ2v) is 8.16. The molecule has 3 aromatic rings. The summed E-state index contributed by atoms with van der Waals surface area (Å²) < 4.78 is 0. The first-order chi connectivity index (χ1) is 15.2. The molecule has 31 heavy (non-hydrogen) atoms. The van der Waals surface area contributed by atoms with Gasteiger partial charge in [0.05, 0.1) is 0 Å². The third kappa shape index (κ3) is 4.69. The van der Waals surface area contributed by atoms with Crippen molar-refractivity contribution in [3.05, 3.63) is 102 Å². The molecule has 4 nitrogen and oxygen atoms in total. The van der Waals surface area contributed by atoms with Crippen LogP contribution >= 0.6 is 0 Å². The minimum absolute atomic E-state index is 0.0985. The van der Waals surface area contributed by atoms with E-state index in [4.69, 9.17) is 0 Å². The van der Waals surface area contributed by atoms with Crippen LogP contribution in [0.2, 0.25) is 0 Å². The number of para-hydroxylation sites is 1. The van der Waals surface area contributed by atoms with Crippen molar-refractivity contribution in [2.75, 3.05) is 5.32 Å². The van der Waals surface area contributed by atoms with Crippen molar-refractivity contribution in [3.8, 4) is 0 Å². The molecule has 1 fully saturated rings. The molecule has 158 valence electrons. The quantitative estimate of drug-likeness (QED) is 0.567. The van der Waals surface area contributed by atoms with Crippen LogP contribution in [0, 0.1) is 0 Å². The predicted molar refractivity (Wildman–Crippen MR) is 124 cm³/mol. The number of hydrogen-bond donors (Lipinski definition) is 1. The maximum Gasteiger partial charge on any atom is 0.255 e. The third-order valence-corrected chi connectivity index (χ3v) is 6.10. The van der Waals surface area contributed by atoms with Gasteiger partial charge in [-0.05, 0) is 42.7 Å². The van der Waals surface area contributed by atoms with Gasteiger partial charge in [-0.2, -0.15) is 0 Å². The highest BCUT2D eigenvalue weighted by molar-refractivity contribution is 6.03. The molecule has 1 saturated carbocycles. The Morgan fingerprint density at radius 1 is 0.742 bits per heavy atom. The van der Waals surface area contributed by atoms with E-state index in [0.717, 1.165) is 30.5 Å². The van der Waals surface area contributed by atoms with Crippen LogP contribution in [0.3, 0.4) is 0 Å². The molecule has 2 amide bonds. The molecule has 0 heterocycles. The number of amides is 2. The molecule has 0 saturated heterocycles. The van der Waals surface area contributed by atoms with E-state index in [9.17, 15) is 9.59 Å². The highest BCUT2D eigenvalue weighted by atomic mass is 16.2. The number of anilines is 1. The minimum atomic E-state index is -0.878. The van der Waals surface area contributed by atoms with Gasteiger partial charge in [0, 0.05) is 17.8 Å². The van der Waals surface area contributed by atoms with Crippen LogP contribution in [0.25, 0.3) is 0 Å². The lowest BCUT2D eigenvalue weighted by molar-refractivity contribution is -0.129. The molecular weight excluding hydrogens is 384 g/mol. The second kappa shape index (κ2) is 9.61. The number of rotatable bonds is 6. The fourth-order valence-corrected chi connectivity index (χ4v) is 4.45. The van der Waals surface area contributed by atoms with E-state index in [0.29, 0.717) is 24.9 Å². The fraction of sp³-hybridized carbons (Fsp3) is 0.259. The number of carbonyl (C=O) groups is 2. The molecule has 0 radical (unpaired) electrons. The Hall–Kier alpha value is -3.40. The van der Waals surface area contributed by atoms with E-state index in [1.165, 1.54) is 0 Å². The Labute approximate surface area is 183 Å². The van der Waals surface area contributed by atoms with Crippen LogP contribution in [0.1, 0.15) is 48.0 Å². The number of nitrogens with zero attached hydrogens (tertiary/aromatic N) is 1. The molecule has 1 N–H and O–H groups in total. The fourth-order valence-electron chi connectivity index (χ4n) is 4.45. The molecule has 4 rings (SSSR count). The molecule has 3 aromatic carbocycles. The zero-order valence-electron chi connectivity index (χ0n) is 17.7. The van der Waals surface area contributed by atoms with E-state index in [1.807, 2.05) is 95.9 Å². The zero-order chi connectivity index (χ0) is 21.5. The van der Waals surface area contributed by atoms with Gasteiger partial charge in [0.1, 0.15) is 5.54 Å². The number of nitrogens with one attached hydrogen (secondary N) is 1. The van der Waals surface area contributed by atoms with Crippen molar-refractivity contribution in [3.63, 3.8) is 0 Å². The summed E-state index contributed by atoms with van der Waals surface area (Å²) in [4.78, 5) is 29.3. The second-order valence-electron chi connectivity index (χ2n) is 8.16. The normalized spacial score (nSPS) is 15.1. The van der Waals surface area contributed by atoms with Crippen LogP contribution in [0.5, 0.6) is 0 Å². The van der Waals surface area contributed by atoms with Crippen LogP contribution in [-0.4, -0.2) is 22.3 Å². The summed E-state index contributed by atoms with van der Waals surface area (Å²) in [5.74, 6) is -0.201. The van der Waals surface area contributed by atoms with E-state index in [-0.39, 0.29) is 11.8 Å². The minimum Gasteiger partial charge on any atom is -0.324 e. The maximum absolute atomic E-state index is 13.8. The first-order valence-corrected chi connectivity index (χ1v) is 11.0. The maximum atomic E-state index is 13.8. The van der Waals surface area contributed by atoms with Crippen molar-refractivity contribution >= 4 is 17.5 Å². The third-order valence-electron chi connectivity index (χ3n) is 6.10. The van der Waals surface area contributed by atoms with E-state index in [2.05, 4.69) is 5.32 Å². The Kier molecular flexibility index (Phi) is 6.46. The summed E-state index contributed by atoms with van der Waals surface area (Å²) in [6, 6.07) is 28.7. The zero-order valence-corrected chi connectivity index (χ0v) is 17.7. The van der Waals surface area contributed by atoms with Crippen molar-refractivity contribution in [2.24, 2.45) is 0 Å². The monoisotopic (exact) mass is 412 g/mol. The number of carbonyl (C=O) groups excluding carboxylic acids is 2. The Bertz CT molecular complexity index is 997. The van der Waals surface area contributed by atoms with Crippen LogP contribution in [-0.2, 0) is 11.3 Å². The lowest BCUT2D eigenvalue weighted by atomic mass is 9.78. The first kappa shape index (κ1) is 20.9. The molecule has 0 spiro atoms. The molecule has 1 aliphatic rings. The first-order valence-electron chi connectivity index (χ1n) is 11.0. The van der Waals surface area contributed by atoms with Crippen molar-refractivity contribution in [1.82, 2.24) is 4.90 Å². The molecule has 1 aliphatic carbocycles. The van der Waals surface area contributed by atoms with Gasteiger partial charge >= 0.3 is 0 Å². The molecule has 0 aliphatic heterocycles. The van der Waals surface area contributed by atoms with Gasteiger partial charge in [0.15, 0.2) is 0 Å².